The first-order valence-corrected chi connectivity index (χ1v) is 9.29. The lowest BCUT2D eigenvalue weighted by molar-refractivity contribution is -0.119. The van der Waals surface area contributed by atoms with Crippen molar-refractivity contribution in [1.82, 2.24) is 0 Å². The van der Waals surface area contributed by atoms with Crippen LogP contribution in [0, 0.1) is 0 Å². The Kier molecular flexibility index (Phi) is 4.19. The Labute approximate surface area is 126 Å². The van der Waals surface area contributed by atoms with E-state index in [2.05, 4.69) is 0 Å². The molecule has 0 aliphatic heterocycles. The smallest absolute Gasteiger partial charge is 0.216 e. The number of ketones is 1. The zero-order chi connectivity index (χ0) is 14.7. The van der Waals surface area contributed by atoms with Gasteiger partial charge in [0.2, 0.25) is 7.49 Å². The summed E-state index contributed by atoms with van der Waals surface area (Å²) >= 11 is 0. The molecule has 1 aliphatic rings. The predicted molar refractivity (Wildman–Crippen MR) is 88.6 cm³/mol. The topological polar surface area (TPSA) is 37.3 Å². The average molecular weight is 299 g/mol. The zero-order valence-electron chi connectivity index (χ0n) is 12.0. The second kappa shape index (κ2) is 6.09. The maximum Gasteiger partial charge on any atom is 0.216 e. The summed E-state index contributed by atoms with van der Waals surface area (Å²) in [6.07, 6.45) is 3.39. The van der Waals surface area contributed by atoms with Crippen molar-refractivity contribution in [2.75, 3.05) is 0 Å². The monoisotopic (exact) mass is 299 g/mol. The first kappa shape index (κ1) is 14.4. The fourth-order valence-corrected chi connectivity index (χ4v) is 6.55. The van der Waals surface area contributed by atoms with Gasteiger partial charge in [0, 0.05) is 6.42 Å². The fraction of sp³-hybridized carbons (Fsp3) is 0.278. The SMILES string of the molecule is O=C1CCCCC1[P+](O)(c1ccccc1)c1ccccc1. The molecule has 2 aromatic rings. The Morgan fingerprint density at radius 1 is 0.857 bits per heavy atom. The number of benzene rings is 2. The van der Waals surface area contributed by atoms with E-state index in [-0.39, 0.29) is 11.4 Å². The van der Waals surface area contributed by atoms with Gasteiger partial charge in [-0.1, -0.05) is 36.4 Å². The van der Waals surface area contributed by atoms with Gasteiger partial charge in [0.25, 0.3) is 0 Å². The van der Waals surface area contributed by atoms with Crippen molar-refractivity contribution in [3.63, 3.8) is 0 Å². The molecule has 1 atom stereocenters. The van der Waals surface area contributed by atoms with E-state index in [1.165, 1.54) is 0 Å². The molecule has 0 saturated heterocycles. The maximum atomic E-state index is 12.5. The Balaban J connectivity index is 2.13. The lowest BCUT2D eigenvalue weighted by Crippen LogP contribution is -2.37. The lowest BCUT2D eigenvalue weighted by Gasteiger charge is -2.30. The van der Waals surface area contributed by atoms with Gasteiger partial charge in [0.1, 0.15) is 10.6 Å². The van der Waals surface area contributed by atoms with Gasteiger partial charge in [-0.3, -0.25) is 4.79 Å². The van der Waals surface area contributed by atoms with Crippen LogP contribution in [-0.2, 0) is 4.79 Å². The van der Waals surface area contributed by atoms with Crippen molar-refractivity contribution in [1.29, 1.82) is 0 Å². The number of carbonyl (C=O) groups is 1. The molecule has 21 heavy (non-hydrogen) atoms. The summed E-state index contributed by atoms with van der Waals surface area (Å²) in [5.41, 5.74) is -0.240. The molecule has 0 aromatic heterocycles. The van der Waals surface area contributed by atoms with Crippen molar-refractivity contribution in [2.24, 2.45) is 0 Å². The van der Waals surface area contributed by atoms with Gasteiger partial charge in [0.05, 0.1) is 0 Å². The van der Waals surface area contributed by atoms with Crippen molar-refractivity contribution in [3.8, 4) is 0 Å². The number of rotatable bonds is 3. The summed E-state index contributed by atoms with van der Waals surface area (Å²) in [7, 11) is -2.66. The first-order chi connectivity index (χ1) is 10.2. The average Bonchev–Trinajstić information content (AvgIpc) is 2.56. The van der Waals surface area contributed by atoms with Gasteiger partial charge in [-0.25, -0.2) is 4.89 Å². The van der Waals surface area contributed by atoms with Crippen LogP contribution < -0.4 is 10.6 Å². The standard InChI is InChI=1S/C18H20O2P/c19-17-13-7-8-14-18(17)21(20,15-9-3-1-4-10-15)16-11-5-2-6-12-16/h1-6,9-12,18,20H,7-8,13-14H2/q+1. The summed E-state index contributed by atoms with van der Waals surface area (Å²) in [6.45, 7) is 0. The molecule has 1 saturated carbocycles. The van der Waals surface area contributed by atoms with E-state index in [9.17, 15) is 9.69 Å². The van der Waals surface area contributed by atoms with E-state index >= 15 is 0 Å². The molecule has 0 bridgehead atoms. The molecule has 0 heterocycles. The normalized spacial score (nSPS) is 19.5. The molecule has 1 N–H and O–H groups in total. The molecule has 1 unspecified atom stereocenters. The third-order valence-electron chi connectivity index (χ3n) is 4.27. The summed E-state index contributed by atoms with van der Waals surface area (Å²) < 4.78 is 0. The van der Waals surface area contributed by atoms with Crippen LogP contribution in [0.3, 0.4) is 0 Å². The van der Waals surface area contributed by atoms with E-state index in [0.29, 0.717) is 6.42 Å². The molecule has 3 heteroatoms. The summed E-state index contributed by atoms with van der Waals surface area (Å²) in [6, 6.07) is 19.5. The molecule has 108 valence electrons. The highest BCUT2D eigenvalue weighted by Crippen LogP contribution is 2.59. The molecule has 1 aliphatic carbocycles. The van der Waals surface area contributed by atoms with E-state index in [1.54, 1.807) is 0 Å². The van der Waals surface area contributed by atoms with Crippen LogP contribution in [0.2, 0.25) is 0 Å². The second-order valence-electron chi connectivity index (χ2n) is 5.58. The van der Waals surface area contributed by atoms with E-state index in [0.717, 1.165) is 29.9 Å². The molecule has 1 fully saturated rings. The fourth-order valence-electron chi connectivity index (χ4n) is 3.18. The molecule has 0 spiro atoms. The van der Waals surface area contributed by atoms with Gasteiger partial charge >= 0.3 is 0 Å². The molecular formula is C18H20O2P+. The molecule has 2 nitrogen and oxygen atoms in total. The van der Waals surface area contributed by atoms with Gasteiger partial charge in [0.15, 0.2) is 11.4 Å². The van der Waals surface area contributed by atoms with E-state index < -0.39 is 7.49 Å². The summed E-state index contributed by atoms with van der Waals surface area (Å²) in [5.74, 6) is 0.227. The molecule has 2 aromatic carbocycles. The maximum absolute atomic E-state index is 12.5. The Bertz CT molecular complexity index is 570. The molecular weight excluding hydrogens is 279 g/mol. The third-order valence-corrected chi connectivity index (χ3v) is 7.89. The highest BCUT2D eigenvalue weighted by molar-refractivity contribution is 7.85. The van der Waals surface area contributed by atoms with E-state index in [4.69, 9.17) is 0 Å². The largest absolute Gasteiger partial charge is 0.295 e. The van der Waals surface area contributed by atoms with Crippen molar-refractivity contribution >= 4 is 23.9 Å². The molecule has 3 rings (SSSR count). The van der Waals surface area contributed by atoms with Gasteiger partial charge in [-0.15, -0.1) is 0 Å². The van der Waals surface area contributed by atoms with Crippen LogP contribution in [0.1, 0.15) is 25.7 Å². The first-order valence-electron chi connectivity index (χ1n) is 7.48. The lowest BCUT2D eigenvalue weighted by atomic mass is 9.99. The van der Waals surface area contributed by atoms with Crippen LogP contribution in [0.25, 0.3) is 0 Å². The third kappa shape index (κ3) is 2.66. The number of Topliss-reactive ketones (excluding diaryl/α,β-unsaturated/α-hetero) is 1. The van der Waals surface area contributed by atoms with Gasteiger partial charge < -0.3 is 0 Å². The van der Waals surface area contributed by atoms with Crippen LogP contribution >= 0.6 is 7.49 Å². The minimum absolute atomic E-state index is 0.227. The van der Waals surface area contributed by atoms with Crippen LogP contribution in [0.5, 0.6) is 0 Å². The number of hydrogen-bond acceptors (Lipinski definition) is 2. The van der Waals surface area contributed by atoms with Crippen molar-refractivity contribution in [2.45, 2.75) is 31.3 Å². The minimum Gasteiger partial charge on any atom is -0.295 e. The Morgan fingerprint density at radius 2 is 1.38 bits per heavy atom. The molecule has 0 radical (unpaired) electrons. The van der Waals surface area contributed by atoms with Crippen LogP contribution in [0.4, 0.5) is 0 Å². The Hall–Kier alpha value is -1.50. The van der Waals surface area contributed by atoms with Crippen molar-refractivity contribution in [3.05, 3.63) is 60.7 Å². The highest BCUT2D eigenvalue weighted by atomic mass is 31.2. The second-order valence-corrected chi connectivity index (χ2v) is 8.61. The van der Waals surface area contributed by atoms with Crippen LogP contribution in [-0.4, -0.2) is 16.3 Å². The highest BCUT2D eigenvalue weighted by Gasteiger charge is 2.53. The number of hydrogen-bond donors (Lipinski definition) is 1. The minimum atomic E-state index is -2.66. The quantitative estimate of drug-likeness (QED) is 0.884. The molecule has 0 amide bonds. The zero-order valence-corrected chi connectivity index (χ0v) is 12.9. The van der Waals surface area contributed by atoms with E-state index in [1.807, 2.05) is 60.7 Å². The van der Waals surface area contributed by atoms with Gasteiger partial charge in [-0.2, -0.15) is 0 Å². The van der Waals surface area contributed by atoms with Crippen molar-refractivity contribution < 1.29 is 9.69 Å². The Morgan fingerprint density at radius 3 is 1.86 bits per heavy atom. The van der Waals surface area contributed by atoms with Gasteiger partial charge in [-0.05, 0) is 43.5 Å². The summed E-state index contributed by atoms with van der Waals surface area (Å²) in [4.78, 5) is 24.1. The predicted octanol–water partition coefficient (Wildman–Crippen LogP) is 3.07. The summed E-state index contributed by atoms with van der Waals surface area (Å²) in [5, 5.41) is 1.83. The number of carbonyl (C=O) groups excluding carboxylic acids is 1. The van der Waals surface area contributed by atoms with Crippen LogP contribution in [0.15, 0.2) is 60.7 Å².